The molecular weight excluding hydrogens is 320 g/mol. The molecule has 0 spiro atoms. The minimum absolute atomic E-state index is 0.0395. The van der Waals surface area contributed by atoms with E-state index in [1.165, 1.54) is 12.8 Å². The molecule has 1 saturated carbocycles. The minimum Gasteiger partial charge on any atom is -0.494 e. The maximum absolute atomic E-state index is 9.75. The highest BCUT2D eigenvalue weighted by Crippen LogP contribution is 2.42. The third-order valence-corrected chi connectivity index (χ3v) is 5.06. The van der Waals surface area contributed by atoms with Crippen LogP contribution in [0.25, 0.3) is 0 Å². The van der Waals surface area contributed by atoms with Crippen LogP contribution < -0.4 is 4.74 Å². The molecule has 1 aromatic rings. The van der Waals surface area contributed by atoms with Crippen molar-refractivity contribution in [2.75, 3.05) is 19.8 Å². The number of aliphatic hydroxyl groups excluding tert-OH is 2. The lowest BCUT2D eigenvalue weighted by Crippen LogP contribution is -2.38. The lowest BCUT2D eigenvalue weighted by Gasteiger charge is -2.35. The van der Waals surface area contributed by atoms with Gasteiger partial charge >= 0.3 is 0 Å². The Morgan fingerprint density at radius 1 is 1.10 bits per heavy atom. The molecule has 112 valence electrons. The Balaban J connectivity index is 1.90. The predicted molar refractivity (Wildman–Crippen MR) is 82.8 cm³/mol. The summed E-state index contributed by atoms with van der Waals surface area (Å²) >= 11 is 3.39. The highest BCUT2D eigenvalue weighted by molar-refractivity contribution is 9.10. The van der Waals surface area contributed by atoms with Crippen molar-refractivity contribution in [3.05, 3.63) is 28.7 Å². The van der Waals surface area contributed by atoms with Crippen LogP contribution in [0.4, 0.5) is 0 Å². The van der Waals surface area contributed by atoms with Gasteiger partial charge in [-0.2, -0.15) is 0 Å². The van der Waals surface area contributed by atoms with Gasteiger partial charge in [-0.1, -0.05) is 28.8 Å². The average Bonchev–Trinajstić information content (AvgIpc) is 3.01. The van der Waals surface area contributed by atoms with E-state index in [9.17, 15) is 10.2 Å². The Bertz CT molecular complexity index is 395. The number of hydrogen-bond donors (Lipinski definition) is 2. The van der Waals surface area contributed by atoms with Crippen LogP contribution in [-0.2, 0) is 0 Å². The van der Waals surface area contributed by atoms with Gasteiger partial charge in [0.2, 0.25) is 0 Å². The third-order valence-electron chi connectivity index (χ3n) is 4.53. The fourth-order valence-corrected chi connectivity index (χ4v) is 3.38. The molecule has 20 heavy (non-hydrogen) atoms. The van der Waals surface area contributed by atoms with Crippen molar-refractivity contribution in [2.45, 2.75) is 32.1 Å². The second-order valence-electron chi connectivity index (χ2n) is 5.71. The standard InChI is InChI=1S/C16H23BrO3/c17-14-5-7-15(8-6-14)20-10-9-16(11-18,12-19)13-3-1-2-4-13/h5-8,13,18-19H,1-4,9-12H2. The zero-order chi connectivity index (χ0) is 14.4. The number of hydrogen-bond acceptors (Lipinski definition) is 3. The van der Waals surface area contributed by atoms with Crippen LogP contribution in [0.5, 0.6) is 5.75 Å². The molecule has 0 aromatic heterocycles. The Hall–Kier alpha value is -0.580. The predicted octanol–water partition coefficient (Wildman–Crippen LogP) is 3.38. The Labute approximate surface area is 129 Å². The number of rotatable bonds is 7. The molecule has 2 rings (SSSR count). The number of aliphatic hydroxyl groups is 2. The lowest BCUT2D eigenvalue weighted by atomic mass is 9.73. The van der Waals surface area contributed by atoms with Crippen molar-refractivity contribution in [1.29, 1.82) is 0 Å². The zero-order valence-corrected chi connectivity index (χ0v) is 13.3. The summed E-state index contributed by atoms with van der Waals surface area (Å²) < 4.78 is 6.76. The lowest BCUT2D eigenvalue weighted by molar-refractivity contribution is -0.0107. The van der Waals surface area contributed by atoms with Gasteiger partial charge in [0.05, 0.1) is 19.8 Å². The maximum atomic E-state index is 9.75. The molecule has 0 unspecified atom stereocenters. The largest absolute Gasteiger partial charge is 0.494 e. The normalized spacial score (nSPS) is 16.6. The summed E-state index contributed by atoms with van der Waals surface area (Å²) in [6, 6.07) is 7.72. The molecule has 0 heterocycles. The van der Waals surface area contributed by atoms with Crippen LogP contribution >= 0.6 is 15.9 Å². The molecule has 1 aliphatic rings. The van der Waals surface area contributed by atoms with Gasteiger partial charge in [-0.15, -0.1) is 0 Å². The molecule has 0 aliphatic heterocycles. The van der Waals surface area contributed by atoms with Gasteiger partial charge < -0.3 is 14.9 Å². The first kappa shape index (κ1) is 15.8. The van der Waals surface area contributed by atoms with E-state index in [4.69, 9.17) is 4.74 Å². The smallest absolute Gasteiger partial charge is 0.119 e. The van der Waals surface area contributed by atoms with Crippen LogP contribution in [0.2, 0.25) is 0 Å². The van der Waals surface area contributed by atoms with Gasteiger partial charge in [0.1, 0.15) is 5.75 Å². The monoisotopic (exact) mass is 342 g/mol. The van der Waals surface area contributed by atoms with E-state index in [1.54, 1.807) is 0 Å². The highest BCUT2D eigenvalue weighted by atomic mass is 79.9. The van der Waals surface area contributed by atoms with Gasteiger partial charge in [-0.25, -0.2) is 0 Å². The number of benzene rings is 1. The first-order valence-corrected chi connectivity index (χ1v) is 8.09. The highest BCUT2D eigenvalue weighted by Gasteiger charge is 2.39. The summed E-state index contributed by atoms with van der Waals surface area (Å²) in [6.45, 7) is 0.606. The quantitative estimate of drug-likeness (QED) is 0.798. The molecule has 1 aliphatic carbocycles. The van der Waals surface area contributed by atoms with Crippen LogP contribution in [-0.4, -0.2) is 30.0 Å². The SMILES string of the molecule is OCC(CO)(CCOc1ccc(Br)cc1)C1CCCC1. The molecule has 4 heteroatoms. The molecule has 2 N–H and O–H groups in total. The van der Waals surface area contributed by atoms with Crippen molar-refractivity contribution in [3.63, 3.8) is 0 Å². The summed E-state index contributed by atoms with van der Waals surface area (Å²) in [5, 5.41) is 19.5. The maximum Gasteiger partial charge on any atom is 0.119 e. The number of halogens is 1. The zero-order valence-electron chi connectivity index (χ0n) is 11.7. The van der Waals surface area contributed by atoms with Crippen LogP contribution in [0.15, 0.2) is 28.7 Å². The summed E-state index contributed by atoms with van der Waals surface area (Å²) in [5.74, 6) is 1.25. The molecule has 0 bridgehead atoms. The fourth-order valence-electron chi connectivity index (χ4n) is 3.11. The molecule has 0 amide bonds. The Morgan fingerprint density at radius 2 is 1.70 bits per heavy atom. The van der Waals surface area contributed by atoms with Gasteiger partial charge in [-0.3, -0.25) is 0 Å². The summed E-state index contributed by atoms with van der Waals surface area (Å²) in [7, 11) is 0. The minimum atomic E-state index is -0.383. The second kappa shape index (κ2) is 7.43. The third kappa shape index (κ3) is 3.74. The van der Waals surface area contributed by atoms with Crippen molar-refractivity contribution in [2.24, 2.45) is 11.3 Å². The Morgan fingerprint density at radius 3 is 2.25 bits per heavy atom. The molecule has 0 saturated heterocycles. The second-order valence-corrected chi connectivity index (χ2v) is 6.63. The van der Waals surface area contributed by atoms with Crippen molar-refractivity contribution >= 4 is 15.9 Å². The van der Waals surface area contributed by atoms with Gasteiger partial charge in [0.25, 0.3) is 0 Å². The van der Waals surface area contributed by atoms with Crippen LogP contribution in [0, 0.1) is 11.3 Å². The van der Waals surface area contributed by atoms with E-state index in [2.05, 4.69) is 15.9 Å². The van der Waals surface area contributed by atoms with Gasteiger partial charge in [0.15, 0.2) is 0 Å². The topological polar surface area (TPSA) is 49.7 Å². The first-order valence-electron chi connectivity index (χ1n) is 7.30. The molecule has 1 aromatic carbocycles. The molecule has 0 atom stereocenters. The molecule has 0 radical (unpaired) electrons. The average molecular weight is 343 g/mol. The summed E-state index contributed by atoms with van der Waals surface area (Å²) in [6.07, 6.45) is 5.33. The van der Waals surface area contributed by atoms with E-state index in [-0.39, 0.29) is 18.6 Å². The molecule has 1 fully saturated rings. The van der Waals surface area contributed by atoms with Gasteiger partial charge in [-0.05, 0) is 49.4 Å². The van der Waals surface area contributed by atoms with E-state index >= 15 is 0 Å². The van der Waals surface area contributed by atoms with Crippen molar-refractivity contribution in [1.82, 2.24) is 0 Å². The van der Waals surface area contributed by atoms with E-state index < -0.39 is 0 Å². The Kier molecular flexibility index (Phi) is 5.87. The summed E-state index contributed by atoms with van der Waals surface area (Å²) in [5.41, 5.74) is -0.383. The number of ether oxygens (including phenoxy) is 1. The van der Waals surface area contributed by atoms with Crippen LogP contribution in [0.1, 0.15) is 32.1 Å². The van der Waals surface area contributed by atoms with E-state index in [1.807, 2.05) is 24.3 Å². The van der Waals surface area contributed by atoms with Crippen molar-refractivity contribution in [3.8, 4) is 5.75 Å². The van der Waals surface area contributed by atoms with Crippen molar-refractivity contribution < 1.29 is 14.9 Å². The summed E-state index contributed by atoms with van der Waals surface area (Å²) in [4.78, 5) is 0. The van der Waals surface area contributed by atoms with Crippen LogP contribution in [0.3, 0.4) is 0 Å². The molecular formula is C16H23BrO3. The molecule has 3 nitrogen and oxygen atoms in total. The van der Waals surface area contributed by atoms with Gasteiger partial charge in [0, 0.05) is 9.89 Å². The first-order chi connectivity index (χ1) is 9.70. The fraction of sp³-hybridized carbons (Fsp3) is 0.625. The van der Waals surface area contributed by atoms with E-state index in [0.29, 0.717) is 18.9 Å². The van der Waals surface area contributed by atoms with E-state index in [0.717, 1.165) is 23.1 Å².